The Kier molecular flexibility index (Phi) is 8.20. The first-order chi connectivity index (χ1) is 12.9. The van der Waals surface area contributed by atoms with Crippen LogP contribution in [0.5, 0.6) is 0 Å². The molecule has 144 valence electrons. The Morgan fingerprint density at radius 3 is 2.59 bits per heavy atom. The minimum Gasteiger partial charge on any atom is -0.357 e. The van der Waals surface area contributed by atoms with E-state index in [1.165, 1.54) is 11.8 Å². The average molecular weight is 405 g/mol. The van der Waals surface area contributed by atoms with Gasteiger partial charge in [0.2, 0.25) is 11.8 Å². The number of hydrogen-bond acceptors (Lipinski definition) is 3. The monoisotopic (exact) mass is 404 g/mol. The molecule has 0 bridgehead atoms. The van der Waals surface area contributed by atoms with Gasteiger partial charge >= 0.3 is 0 Å². The number of likely N-dealkylation sites (N-methyl/N-ethyl adjacent to an activating group) is 1. The molecule has 1 N–H and O–H groups in total. The lowest BCUT2D eigenvalue weighted by molar-refractivity contribution is -0.138. The SMILES string of the molecule is CNC(=O)[C@@H](C)N(Cc1cccc(C)c1)C(=O)CSCc1ccccc1Cl. The van der Waals surface area contributed by atoms with Crippen LogP contribution in [-0.2, 0) is 21.9 Å². The summed E-state index contributed by atoms with van der Waals surface area (Å²) in [6, 6.07) is 15.1. The summed E-state index contributed by atoms with van der Waals surface area (Å²) >= 11 is 7.67. The molecule has 0 aliphatic heterocycles. The van der Waals surface area contributed by atoms with Crippen molar-refractivity contribution < 1.29 is 9.59 Å². The molecule has 2 aromatic carbocycles. The highest BCUT2D eigenvalue weighted by atomic mass is 35.5. The lowest BCUT2D eigenvalue weighted by Crippen LogP contribution is -2.47. The van der Waals surface area contributed by atoms with Gasteiger partial charge in [0.1, 0.15) is 6.04 Å². The van der Waals surface area contributed by atoms with Crippen molar-refractivity contribution in [2.75, 3.05) is 12.8 Å². The second-order valence-corrected chi connectivity index (χ2v) is 7.78. The molecule has 0 unspecified atom stereocenters. The molecule has 0 fully saturated rings. The normalized spacial score (nSPS) is 11.7. The number of rotatable bonds is 8. The van der Waals surface area contributed by atoms with Crippen LogP contribution in [0, 0.1) is 6.92 Å². The van der Waals surface area contributed by atoms with Crippen molar-refractivity contribution in [1.82, 2.24) is 10.2 Å². The molecule has 2 aromatic rings. The minimum atomic E-state index is -0.538. The maximum Gasteiger partial charge on any atom is 0.242 e. The first-order valence-corrected chi connectivity index (χ1v) is 10.3. The molecule has 0 aromatic heterocycles. The van der Waals surface area contributed by atoms with Gasteiger partial charge in [-0.3, -0.25) is 9.59 Å². The number of halogens is 1. The number of carbonyl (C=O) groups excluding carboxylic acids is 2. The van der Waals surface area contributed by atoms with Gasteiger partial charge in [-0.1, -0.05) is 59.6 Å². The van der Waals surface area contributed by atoms with Crippen LogP contribution < -0.4 is 5.32 Å². The third-order valence-electron chi connectivity index (χ3n) is 4.29. The number of amides is 2. The van der Waals surface area contributed by atoms with Crippen LogP contribution in [0.1, 0.15) is 23.6 Å². The van der Waals surface area contributed by atoms with Gasteiger partial charge < -0.3 is 10.2 Å². The Labute approximate surface area is 170 Å². The van der Waals surface area contributed by atoms with Gasteiger partial charge in [-0.15, -0.1) is 11.8 Å². The van der Waals surface area contributed by atoms with Gasteiger partial charge in [0.15, 0.2) is 0 Å². The standard InChI is InChI=1S/C21H25ClN2O2S/c1-15-7-6-8-17(11-15)12-24(16(2)21(26)23-3)20(25)14-27-13-18-9-4-5-10-19(18)22/h4-11,16H,12-14H2,1-3H3,(H,23,26)/t16-/m1/s1. The predicted octanol–water partition coefficient (Wildman–Crippen LogP) is 4.04. The van der Waals surface area contributed by atoms with Crippen LogP contribution in [0.2, 0.25) is 5.02 Å². The summed E-state index contributed by atoms with van der Waals surface area (Å²) in [6.07, 6.45) is 0. The summed E-state index contributed by atoms with van der Waals surface area (Å²) in [5, 5.41) is 3.33. The minimum absolute atomic E-state index is 0.0651. The van der Waals surface area contributed by atoms with E-state index < -0.39 is 6.04 Å². The maximum absolute atomic E-state index is 12.9. The van der Waals surface area contributed by atoms with Crippen LogP contribution in [-0.4, -0.2) is 35.6 Å². The topological polar surface area (TPSA) is 49.4 Å². The zero-order chi connectivity index (χ0) is 19.8. The fourth-order valence-electron chi connectivity index (χ4n) is 2.75. The van der Waals surface area contributed by atoms with Crippen molar-refractivity contribution in [3.05, 3.63) is 70.2 Å². The maximum atomic E-state index is 12.9. The van der Waals surface area contributed by atoms with Crippen molar-refractivity contribution in [2.45, 2.75) is 32.2 Å². The second-order valence-electron chi connectivity index (χ2n) is 6.39. The molecule has 0 spiro atoms. The van der Waals surface area contributed by atoms with Gasteiger partial charge in [0.05, 0.1) is 5.75 Å². The van der Waals surface area contributed by atoms with Crippen molar-refractivity contribution in [3.63, 3.8) is 0 Å². The molecule has 0 aliphatic rings. The Bertz CT molecular complexity index is 797. The first kappa shape index (κ1) is 21.3. The Balaban J connectivity index is 2.06. The van der Waals surface area contributed by atoms with Crippen LogP contribution in [0.4, 0.5) is 0 Å². The van der Waals surface area contributed by atoms with Gasteiger partial charge in [0, 0.05) is 24.4 Å². The number of hydrogen-bond donors (Lipinski definition) is 1. The van der Waals surface area contributed by atoms with E-state index in [4.69, 9.17) is 11.6 Å². The number of nitrogens with zero attached hydrogens (tertiary/aromatic N) is 1. The molecular weight excluding hydrogens is 380 g/mol. The number of nitrogens with one attached hydrogen (secondary N) is 1. The summed E-state index contributed by atoms with van der Waals surface area (Å²) in [5.41, 5.74) is 3.14. The Hall–Kier alpha value is -1.98. The smallest absolute Gasteiger partial charge is 0.242 e. The highest BCUT2D eigenvalue weighted by Crippen LogP contribution is 2.21. The lowest BCUT2D eigenvalue weighted by Gasteiger charge is -2.28. The van der Waals surface area contributed by atoms with Gasteiger partial charge in [0.25, 0.3) is 0 Å². The van der Waals surface area contributed by atoms with Crippen molar-refractivity contribution >= 4 is 35.2 Å². The lowest BCUT2D eigenvalue weighted by atomic mass is 10.1. The molecule has 0 heterocycles. The first-order valence-electron chi connectivity index (χ1n) is 8.80. The molecular formula is C21H25ClN2O2S. The Morgan fingerprint density at radius 2 is 1.93 bits per heavy atom. The quantitative estimate of drug-likeness (QED) is 0.722. The highest BCUT2D eigenvalue weighted by molar-refractivity contribution is 7.99. The molecule has 0 saturated heterocycles. The molecule has 0 aliphatic carbocycles. The fraction of sp³-hybridized carbons (Fsp3) is 0.333. The van der Waals surface area contributed by atoms with Gasteiger partial charge in [-0.05, 0) is 31.0 Å². The van der Waals surface area contributed by atoms with Gasteiger partial charge in [-0.2, -0.15) is 0 Å². The van der Waals surface area contributed by atoms with E-state index in [1.54, 1.807) is 18.9 Å². The van der Waals surface area contributed by atoms with Crippen LogP contribution in [0.3, 0.4) is 0 Å². The highest BCUT2D eigenvalue weighted by Gasteiger charge is 2.25. The third kappa shape index (κ3) is 6.29. The summed E-state index contributed by atoms with van der Waals surface area (Å²) < 4.78 is 0. The summed E-state index contributed by atoms with van der Waals surface area (Å²) in [5.74, 6) is 0.702. The van der Waals surface area contributed by atoms with Crippen LogP contribution in [0.15, 0.2) is 48.5 Å². The molecule has 1 atom stereocenters. The van der Waals surface area contributed by atoms with Crippen molar-refractivity contribution in [3.8, 4) is 0 Å². The summed E-state index contributed by atoms with van der Waals surface area (Å²) in [6.45, 7) is 4.17. The zero-order valence-corrected chi connectivity index (χ0v) is 17.4. The second kappa shape index (κ2) is 10.4. The molecule has 0 radical (unpaired) electrons. The average Bonchev–Trinajstić information content (AvgIpc) is 2.66. The van der Waals surface area contributed by atoms with Crippen molar-refractivity contribution in [1.29, 1.82) is 0 Å². The van der Waals surface area contributed by atoms with Gasteiger partial charge in [-0.25, -0.2) is 0 Å². The number of aryl methyl sites for hydroxylation is 1. The molecule has 6 heteroatoms. The molecule has 27 heavy (non-hydrogen) atoms. The molecule has 2 amide bonds. The molecule has 2 rings (SSSR count). The number of thioether (sulfide) groups is 1. The van der Waals surface area contributed by atoms with Crippen molar-refractivity contribution in [2.24, 2.45) is 0 Å². The molecule has 4 nitrogen and oxygen atoms in total. The predicted molar refractivity (Wildman–Crippen MR) is 113 cm³/mol. The fourth-order valence-corrected chi connectivity index (χ4v) is 3.94. The summed E-state index contributed by atoms with van der Waals surface area (Å²) in [4.78, 5) is 26.6. The zero-order valence-electron chi connectivity index (χ0n) is 15.9. The van der Waals surface area contributed by atoms with E-state index in [0.717, 1.165) is 16.7 Å². The van der Waals surface area contributed by atoms with E-state index in [-0.39, 0.29) is 11.8 Å². The van der Waals surface area contributed by atoms with E-state index in [9.17, 15) is 9.59 Å². The Morgan fingerprint density at radius 1 is 1.19 bits per heavy atom. The van der Waals surface area contributed by atoms with Crippen LogP contribution >= 0.6 is 23.4 Å². The van der Waals surface area contributed by atoms with Crippen LogP contribution in [0.25, 0.3) is 0 Å². The van der Waals surface area contributed by atoms with E-state index in [1.807, 2.05) is 55.5 Å². The van der Waals surface area contributed by atoms with E-state index >= 15 is 0 Å². The molecule has 0 saturated carbocycles. The van der Waals surface area contributed by atoms with E-state index in [2.05, 4.69) is 5.32 Å². The number of carbonyl (C=O) groups is 2. The number of benzene rings is 2. The summed E-state index contributed by atoms with van der Waals surface area (Å²) in [7, 11) is 1.58. The third-order valence-corrected chi connectivity index (χ3v) is 5.62. The van der Waals surface area contributed by atoms with E-state index in [0.29, 0.717) is 23.1 Å². The largest absolute Gasteiger partial charge is 0.357 e.